The van der Waals surface area contributed by atoms with Crippen molar-refractivity contribution in [3.05, 3.63) is 94.8 Å². The van der Waals surface area contributed by atoms with Gasteiger partial charge in [0.1, 0.15) is 6.07 Å². The number of carbonyl (C=O) groups excluding carboxylic acids is 1. The summed E-state index contributed by atoms with van der Waals surface area (Å²) in [6.45, 7) is 6.27. The fourth-order valence-corrected chi connectivity index (χ4v) is 5.81. The lowest BCUT2D eigenvalue weighted by Crippen LogP contribution is -2.53. The summed E-state index contributed by atoms with van der Waals surface area (Å²) in [6, 6.07) is 24.3. The third kappa shape index (κ3) is 3.92. The molecule has 1 amide bonds. The van der Waals surface area contributed by atoms with Gasteiger partial charge in [-0.15, -0.1) is 0 Å². The van der Waals surface area contributed by atoms with Crippen LogP contribution in [0.5, 0.6) is 0 Å². The molecule has 2 atom stereocenters. The van der Waals surface area contributed by atoms with E-state index >= 15 is 0 Å². The highest BCUT2D eigenvalue weighted by molar-refractivity contribution is 6.08. The molecule has 4 aromatic rings. The normalized spacial score (nSPS) is 19.5. The van der Waals surface area contributed by atoms with Crippen LogP contribution in [0.25, 0.3) is 11.5 Å². The Balaban J connectivity index is 1.33. The van der Waals surface area contributed by atoms with Gasteiger partial charge in [0.25, 0.3) is 11.8 Å². The number of amides is 1. The average Bonchev–Trinajstić information content (AvgIpc) is 3.35. The van der Waals surface area contributed by atoms with E-state index in [1.165, 1.54) is 0 Å². The van der Waals surface area contributed by atoms with Crippen LogP contribution in [0, 0.1) is 18.3 Å². The molecule has 6 rings (SSSR count). The predicted molar refractivity (Wildman–Crippen MR) is 145 cm³/mol. The first-order chi connectivity index (χ1) is 18.5. The van der Waals surface area contributed by atoms with Crippen molar-refractivity contribution >= 4 is 17.3 Å². The minimum absolute atomic E-state index is 0.0115. The van der Waals surface area contributed by atoms with E-state index < -0.39 is 0 Å². The Morgan fingerprint density at radius 2 is 1.76 bits per heavy atom. The zero-order chi connectivity index (χ0) is 26.4. The van der Waals surface area contributed by atoms with Crippen LogP contribution in [-0.2, 0) is 0 Å². The summed E-state index contributed by atoms with van der Waals surface area (Å²) in [5, 5.41) is 13.8. The summed E-state index contributed by atoms with van der Waals surface area (Å²) in [5.74, 6) is 0.980. The van der Waals surface area contributed by atoms with Gasteiger partial charge in [0, 0.05) is 49.5 Å². The van der Waals surface area contributed by atoms with E-state index in [1.807, 2.05) is 61.6 Å². The van der Waals surface area contributed by atoms with Gasteiger partial charge in [-0.25, -0.2) is 0 Å². The van der Waals surface area contributed by atoms with Crippen LogP contribution in [0.15, 0.2) is 71.3 Å². The van der Waals surface area contributed by atoms with E-state index in [0.29, 0.717) is 17.3 Å². The summed E-state index contributed by atoms with van der Waals surface area (Å²) in [5.41, 5.74) is 6.06. The van der Waals surface area contributed by atoms with Crippen molar-refractivity contribution in [2.45, 2.75) is 25.9 Å². The van der Waals surface area contributed by atoms with Crippen molar-refractivity contribution in [2.75, 3.05) is 36.5 Å². The van der Waals surface area contributed by atoms with E-state index in [1.54, 1.807) is 11.8 Å². The number of para-hydroxylation sites is 1. The summed E-state index contributed by atoms with van der Waals surface area (Å²) >= 11 is 0. The quantitative estimate of drug-likeness (QED) is 0.396. The number of aromatic nitrogens is 2. The molecule has 1 aromatic heterocycles. The minimum atomic E-state index is -0.0421. The highest BCUT2D eigenvalue weighted by Gasteiger charge is 2.37. The molecule has 0 radical (unpaired) electrons. The molecule has 2 aliphatic rings. The zero-order valence-corrected chi connectivity index (χ0v) is 21.6. The van der Waals surface area contributed by atoms with E-state index in [-0.39, 0.29) is 18.0 Å². The Morgan fingerprint density at radius 3 is 2.50 bits per heavy atom. The number of hydrogen-bond donors (Lipinski definition) is 0. The van der Waals surface area contributed by atoms with Crippen molar-refractivity contribution < 1.29 is 9.32 Å². The van der Waals surface area contributed by atoms with Crippen molar-refractivity contribution in [1.82, 2.24) is 15.0 Å². The number of nitriles is 1. The molecule has 0 saturated carbocycles. The Labute approximate surface area is 221 Å². The Hall–Kier alpha value is -4.48. The summed E-state index contributed by atoms with van der Waals surface area (Å²) in [6.07, 6.45) is 0. The number of rotatable bonds is 3. The number of hydrogen-bond acceptors (Lipinski definition) is 7. The van der Waals surface area contributed by atoms with Gasteiger partial charge in [-0.05, 0) is 55.3 Å². The van der Waals surface area contributed by atoms with E-state index in [4.69, 9.17) is 4.52 Å². The number of aryl methyl sites for hydroxylation is 1. The number of piperazine rings is 1. The molecule has 1 fully saturated rings. The summed E-state index contributed by atoms with van der Waals surface area (Å²) < 4.78 is 5.30. The third-order valence-corrected chi connectivity index (χ3v) is 7.61. The summed E-state index contributed by atoms with van der Waals surface area (Å²) in [4.78, 5) is 24.2. The number of anilines is 2. The second-order valence-electron chi connectivity index (χ2n) is 9.94. The topological polar surface area (TPSA) is 89.5 Å². The number of carbonyl (C=O) groups is 1. The molecule has 0 N–H and O–H groups in total. The largest absolute Gasteiger partial charge is 0.365 e. The molecule has 2 unspecified atom stereocenters. The molecule has 38 heavy (non-hydrogen) atoms. The van der Waals surface area contributed by atoms with Crippen LogP contribution in [0.3, 0.4) is 0 Å². The molecule has 3 aromatic carbocycles. The lowest BCUT2D eigenvalue weighted by Gasteiger charge is -2.45. The standard InChI is InChI=1S/C30H28N6O2/c1-19-18-35(14-15-36(19)26-13-12-21(16-22(26)17-31)29-32-20(2)33-38-29)28-23-8-4-5-9-24(23)30(37)34(3)27-11-7-6-10-25(27)28/h4-13,16,19,28H,14-15,18H2,1-3H3. The smallest absolute Gasteiger partial charge is 0.258 e. The van der Waals surface area contributed by atoms with Gasteiger partial charge in [-0.2, -0.15) is 10.2 Å². The molecule has 3 heterocycles. The van der Waals surface area contributed by atoms with Gasteiger partial charge in [-0.3, -0.25) is 9.69 Å². The van der Waals surface area contributed by atoms with Crippen molar-refractivity contribution in [3.8, 4) is 17.5 Å². The molecule has 0 aliphatic carbocycles. The molecule has 0 bridgehead atoms. The number of nitrogens with zero attached hydrogens (tertiary/aromatic N) is 6. The van der Waals surface area contributed by atoms with Gasteiger partial charge < -0.3 is 14.3 Å². The maximum Gasteiger partial charge on any atom is 0.258 e. The Morgan fingerprint density at radius 1 is 1.00 bits per heavy atom. The second kappa shape index (κ2) is 9.43. The van der Waals surface area contributed by atoms with Gasteiger partial charge in [-0.1, -0.05) is 41.6 Å². The molecule has 0 spiro atoms. The van der Waals surface area contributed by atoms with Crippen LogP contribution < -0.4 is 9.80 Å². The zero-order valence-electron chi connectivity index (χ0n) is 21.6. The molecule has 190 valence electrons. The minimum Gasteiger partial charge on any atom is -0.365 e. The first-order valence-electron chi connectivity index (χ1n) is 12.8. The monoisotopic (exact) mass is 504 g/mol. The maximum absolute atomic E-state index is 13.4. The van der Waals surface area contributed by atoms with Gasteiger partial charge >= 0.3 is 0 Å². The van der Waals surface area contributed by atoms with Crippen LogP contribution in [0.1, 0.15) is 45.8 Å². The second-order valence-corrected chi connectivity index (χ2v) is 9.94. The molecular formula is C30H28N6O2. The first-order valence-corrected chi connectivity index (χ1v) is 12.8. The Kier molecular flexibility index (Phi) is 5.93. The number of benzene rings is 3. The van der Waals surface area contributed by atoms with Crippen molar-refractivity contribution in [2.24, 2.45) is 0 Å². The predicted octanol–water partition coefficient (Wildman–Crippen LogP) is 4.81. The van der Waals surface area contributed by atoms with Crippen LogP contribution in [0.4, 0.5) is 11.4 Å². The van der Waals surface area contributed by atoms with Crippen molar-refractivity contribution in [3.63, 3.8) is 0 Å². The molecule has 1 saturated heterocycles. The van der Waals surface area contributed by atoms with Crippen LogP contribution in [-0.4, -0.2) is 53.7 Å². The maximum atomic E-state index is 13.4. The van der Waals surface area contributed by atoms with Crippen LogP contribution >= 0.6 is 0 Å². The Bertz CT molecular complexity index is 1570. The van der Waals surface area contributed by atoms with E-state index in [0.717, 1.165) is 53.3 Å². The molecule has 2 aliphatic heterocycles. The number of fused-ring (bicyclic) bond motifs is 2. The fraction of sp³-hybridized carbons (Fsp3) is 0.267. The summed E-state index contributed by atoms with van der Waals surface area (Å²) in [7, 11) is 1.85. The average molecular weight is 505 g/mol. The molecule has 8 nitrogen and oxygen atoms in total. The highest BCUT2D eigenvalue weighted by Crippen LogP contribution is 2.41. The van der Waals surface area contributed by atoms with Crippen molar-refractivity contribution in [1.29, 1.82) is 5.26 Å². The van der Waals surface area contributed by atoms with Crippen LogP contribution in [0.2, 0.25) is 0 Å². The third-order valence-electron chi connectivity index (χ3n) is 7.61. The van der Waals surface area contributed by atoms with E-state index in [2.05, 4.69) is 45.1 Å². The lowest BCUT2D eigenvalue weighted by molar-refractivity contribution is 0.0992. The first kappa shape index (κ1) is 23.9. The SMILES string of the molecule is Cc1noc(-c2ccc(N3CCN(C4c5ccccc5C(=O)N(C)c5ccccc54)CC3C)c(C#N)c2)n1. The highest BCUT2D eigenvalue weighted by atomic mass is 16.5. The lowest BCUT2D eigenvalue weighted by atomic mass is 9.92. The van der Waals surface area contributed by atoms with Gasteiger partial charge in [0.05, 0.1) is 17.3 Å². The molecular weight excluding hydrogens is 476 g/mol. The van der Waals surface area contributed by atoms with Gasteiger partial charge in [0.15, 0.2) is 5.82 Å². The van der Waals surface area contributed by atoms with E-state index in [9.17, 15) is 10.1 Å². The molecule has 8 heteroatoms. The fourth-order valence-electron chi connectivity index (χ4n) is 5.81. The van der Waals surface area contributed by atoms with Gasteiger partial charge in [0.2, 0.25) is 0 Å².